The largest absolute Gasteiger partial charge is 0.490 e. The lowest BCUT2D eigenvalue weighted by molar-refractivity contribution is -0.717. The highest BCUT2D eigenvalue weighted by Crippen LogP contribution is 2.35. The Bertz CT molecular complexity index is 393. The summed E-state index contributed by atoms with van der Waals surface area (Å²) in [7, 11) is 0. The molecule has 0 atom stereocenters. The molecule has 0 heterocycles. The van der Waals surface area contributed by atoms with Gasteiger partial charge in [0.1, 0.15) is 0 Å². The van der Waals surface area contributed by atoms with E-state index in [4.69, 9.17) is 39.5 Å². The van der Waals surface area contributed by atoms with Gasteiger partial charge >= 0.3 is 0 Å². The van der Waals surface area contributed by atoms with E-state index in [9.17, 15) is 0 Å². The van der Waals surface area contributed by atoms with Crippen LogP contribution in [0.5, 0.6) is 5.75 Å². The summed E-state index contributed by atoms with van der Waals surface area (Å²) in [6, 6.07) is 3.27. The lowest BCUT2D eigenvalue weighted by atomic mass is 10.1. The molecule has 0 fully saturated rings. The summed E-state index contributed by atoms with van der Waals surface area (Å²) in [5.74, 6) is 0.521. The summed E-state index contributed by atoms with van der Waals surface area (Å²) in [6.07, 6.45) is 2.07. The summed E-state index contributed by atoms with van der Waals surface area (Å²) in [6.45, 7) is 8.32. The van der Waals surface area contributed by atoms with Crippen molar-refractivity contribution < 1.29 is 10.1 Å². The molecule has 1 aromatic rings. The van der Waals surface area contributed by atoms with Crippen molar-refractivity contribution in [1.82, 2.24) is 0 Å². The molecule has 1 rings (SSSR count). The van der Waals surface area contributed by atoms with Crippen molar-refractivity contribution in [3.63, 3.8) is 0 Å². The zero-order valence-electron chi connectivity index (χ0n) is 11.6. The highest BCUT2D eigenvalue weighted by molar-refractivity contribution is 6.40. The second-order valence-electron chi connectivity index (χ2n) is 5.61. The minimum Gasteiger partial charge on any atom is -0.490 e. The van der Waals surface area contributed by atoms with Gasteiger partial charge in [0.2, 0.25) is 0 Å². The molecule has 19 heavy (non-hydrogen) atoms. The van der Waals surface area contributed by atoms with Gasteiger partial charge in [-0.3, -0.25) is 0 Å². The average Bonchev–Trinajstić information content (AvgIpc) is 2.24. The van der Waals surface area contributed by atoms with Crippen LogP contribution in [0.2, 0.25) is 15.1 Å². The first-order valence-corrected chi connectivity index (χ1v) is 7.55. The van der Waals surface area contributed by atoms with E-state index in [1.54, 1.807) is 12.1 Å². The van der Waals surface area contributed by atoms with E-state index in [0.29, 0.717) is 27.4 Å². The fourth-order valence-electron chi connectivity index (χ4n) is 1.62. The number of ether oxygens (including phenoxy) is 1. The number of quaternary nitrogens is 1. The predicted octanol–water partition coefficient (Wildman–Crippen LogP) is 4.17. The smallest absolute Gasteiger partial charge is 0.156 e. The number of benzene rings is 1. The number of halogens is 3. The summed E-state index contributed by atoms with van der Waals surface area (Å²) in [5, 5.41) is 3.76. The van der Waals surface area contributed by atoms with E-state index < -0.39 is 0 Å². The molecule has 108 valence electrons. The number of rotatable bonds is 6. The Labute approximate surface area is 130 Å². The van der Waals surface area contributed by atoms with Gasteiger partial charge in [0.25, 0.3) is 0 Å². The molecular weight excluding hydrogens is 305 g/mol. The molecule has 1 aromatic carbocycles. The van der Waals surface area contributed by atoms with Crippen LogP contribution in [-0.4, -0.2) is 18.7 Å². The molecule has 0 aliphatic heterocycles. The first-order valence-electron chi connectivity index (χ1n) is 6.41. The highest BCUT2D eigenvalue weighted by atomic mass is 35.5. The molecular formula is C14H21Cl3NO+. The molecule has 0 amide bonds. The standard InChI is InChI=1S/C14H20Cl3NO/c1-14(2,3)18-6-4-5-7-19-13-11(16)8-10(15)9-12(13)17/h8-9,18H,4-7H2,1-3H3/p+1. The highest BCUT2D eigenvalue weighted by Gasteiger charge is 2.12. The van der Waals surface area contributed by atoms with Crippen molar-refractivity contribution in [3.05, 3.63) is 27.2 Å². The number of hydrogen-bond acceptors (Lipinski definition) is 1. The maximum Gasteiger partial charge on any atom is 0.156 e. The molecule has 2 N–H and O–H groups in total. The fourth-order valence-corrected chi connectivity index (χ4v) is 2.55. The van der Waals surface area contributed by atoms with Crippen LogP contribution in [0.4, 0.5) is 0 Å². The Morgan fingerprint density at radius 3 is 2.16 bits per heavy atom. The molecule has 0 unspecified atom stereocenters. The fraction of sp³-hybridized carbons (Fsp3) is 0.571. The van der Waals surface area contributed by atoms with Crippen molar-refractivity contribution >= 4 is 34.8 Å². The van der Waals surface area contributed by atoms with Crippen LogP contribution in [0.25, 0.3) is 0 Å². The van der Waals surface area contributed by atoms with E-state index in [2.05, 4.69) is 26.1 Å². The van der Waals surface area contributed by atoms with Gasteiger partial charge in [0, 0.05) is 5.02 Å². The van der Waals surface area contributed by atoms with Gasteiger partial charge in [-0.2, -0.15) is 0 Å². The van der Waals surface area contributed by atoms with Crippen LogP contribution < -0.4 is 10.1 Å². The Morgan fingerprint density at radius 1 is 1.05 bits per heavy atom. The minimum atomic E-state index is 0.281. The van der Waals surface area contributed by atoms with Crippen LogP contribution in [-0.2, 0) is 0 Å². The van der Waals surface area contributed by atoms with Gasteiger partial charge in [-0.15, -0.1) is 0 Å². The summed E-state index contributed by atoms with van der Waals surface area (Å²) in [4.78, 5) is 0. The van der Waals surface area contributed by atoms with Crippen LogP contribution in [0, 0.1) is 0 Å². The normalized spacial score (nSPS) is 11.7. The zero-order chi connectivity index (χ0) is 14.5. The molecule has 2 nitrogen and oxygen atoms in total. The third-order valence-electron chi connectivity index (χ3n) is 2.56. The molecule has 5 heteroatoms. The molecule has 0 aliphatic carbocycles. The topological polar surface area (TPSA) is 25.8 Å². The van der Waals surface area contributed by atoms with Crippen LogP contribution in [0.3, 0.4) is 0 Å². The van der Waals surface area contributed by atoms with Gasteiger partial charge in [-0.25, -0.2) is 0 Å². The van der Waals surface area contributed by atoms with Gasteiger partial charge in [-0.1, -0.05) is 34.8 Å². The SMILES string of the molecule is CC(C)(C)[NH2+]CCCCOc1c(Cl)cc(Cl)cc1Cl. The second-order valence-corrected chi connectivity index (χ2v) is 6.86. The molecule has 0 saturated heterocycles. The first kappa shape index (κ1) is 16.9. The van der Waals surface area contributed by atoms with Gasteiger partial charge in [0.05, 0.1) is 28.7 Å². The Morgan fingerprint density at radius 2 is 1.63 bits per heavy atom. The number of unbranched alkanes of at least 4 members (excludes halogenated alkanes) is 1. The summed E-state index contributed by atoms with van der Waals surface area (Å²) >= 11 is 17.9. The zero-order valence-corrected chi connectivity index (χ0v) is 13.9. The van der Waals surface area contributed by atoms with Crippen LogP contribution in [0.1, 0.15) is 33.6 Å². The van der Waals surface area contributed by atoms with E-state index in [0.717, 1.165) is 19.4 Å². The van der Waals surface area contributed by atoms with Gasteiger partial charge < -0.3 is 10.1 Å². The summed E-state index contributed by atoms with van der Waals surface area (Å²) < 4.78 is 5.62. The lowest BCUT2D eigenvalue weighted by Crippen LogP contribution is -2.94. The number of nitrogens with two attached hydrogens (primary N) is 1. The Hall–Kier alpha value is -0.150. The maximum atomic E-state index is 6.03. The van der Waals surface area contributed by atoms with Crippen LogP contribution in [0.15, 0.2) is 12.1 Å². The maximum absolute atomic E-state index is 6.03. The predicted molar refractivity (Wildman–Crippen MR) is 82.7 cm³/mol. The van der Waals surface area contributed by atoms with Crippen molar-refractivity contribution in [3.8, 4) is 5.75 Å². The molecule has 0 saturated carbocycles. The Balaban J connectivity index is 2.30. The molecule has 0 aliphatic rings. The van der Waals surface area contributed by atoms with E-state index in [1.165, 1.54) is 0 Å². The number of hydrogen-bond donors (Lipinski definition) is 1. The van der Waals surface area contributed by atoms with Crippen molar-refractivity contribution in [2.45, 2.75) is 39.2 Å². The molecule has 0 spiro atoms. The van der Waals surface area contributed by atoms with Crippen molar-refractivity contribution in [1.29, 1.82) is 0 Å². The second kappa shape index (κ2) is 7.58. The van der Waals surface area contributed by atoms with Gasteiger partial charge in [0.15, 0.2) is 5.75 Å². The third kappa shape index (κ3) is 6.71. The Kier molecular flexibility index (Phi) is 6.75. The van der Waals surface area contributed by atoms with Crippen molar-refractivity contribution in [2.75, 3.05) is 13.2 Å². The average molecular weight is 326 g/mol. The monoisotopic (exact) mass is 324 g/mol. The molecule has 0 radical (unpaired) electrons. The minimum absolute atomic E-state index is 0.281. The van der Waals surface area contributed by atoms with E-state index in [-0.39, 0.29) is 5.54 Å². The van der Waals surface area contributed by atoms with E-state index >= 15 is 0 Å². The quantitative estimate of drug-likeness (QED) is 0.781. The first-order chi connectivity index (χ1) is 8.79. The van der Waals surface area contributed by atoms with Gasteiger partial charge in [-0.05, 0) is 45.7 Å². The van der Waals surface area contributed by atoms with E-state index in [1.807, 2.05) is 0 Å². The lowest BCUT2D eigenvalue weighted by Gasteiger charge is -2.16. The third-order valence-corrected chi connectivity index (χ3v) is 3.34. The van der Waals surface area contributed by atoms with Crippen molar-refractivity contribution in [2.24, 2.45) is 0 Å². The molecule has 0 bridgehead atoms. The summed E-state index contributed by atoms with van der Waals surface area (Å²) in [5.41, 5.74) is 0.281. The molecule has 0 aromatic heterocycles. The van der Waals surface area contributed by atoms with Crippen LogP contribution >= 0.6 is 34.8 Å².